The minimum Gasteiger partial charge on any atom is -0.439 e. The molecule has 20 heavy (non-hydrogen) atoms. The van der Waals surface area contributed by atoms with Gasteiger partial charge in [-0.15, -0.1) is 0 Å². The first-order valence-corrected chi connectivity index (χ1v) is 6.74. The van der Waals surface area contributed by atoms with Crippen LogP contribution in [-0.4, -0.2) is 9.97 Å². The van der Waals surface area contributed by atoms with Crippen molar-refractivity contribution in [3.05, 3.63) is 41.7 Å². The van der Waals surface area contributed by atoms with E-state index in [9.17, 15) is 0 Å². The second kappa shape index (κ2) is 6.34. The van der Waals surface area contributed by atoms with E-state index in [0.29, 0.717) is 17.6 Å². The molecule has 0 aliphatic heterocycles. The van der Waals surface area contributed by atoms with Gasteiger partial charge in [-0.25, -0.2) is 15.8 Å². The molecule has 0 fully saturated rings. The first-order valence-electron chi connectivity index (χ1n) is 6.74. The number of nitrogens with zero attached hydrogens (tertiary/aromatic N) is 2. The van der Waals surface area contributed by atoms with Gasteiger partial charge in [0.1, 0.15) is 17.9 Å². The summed E-state index contributed by atoms with van der Waals surface area (Å²) in [5.74, 6) is 7.82. The zero-order valence-corrected chi connectivity index (χ0v) is 12.1. The van der Waals surface area contributed by atoms with Gasteiger partial charge in [0.05, 0.1) is 5.56 Å². The third kappa shape index (κ3) is 3.05. The van der Waals surface area contributed by atoms with Crippen LogP contribution in [0.2, 0.25) is 0 Å². The normalized spacial score (nSPS) is 10.7. The standard InChI is InChI=1S/C15H20N4O/c1-4-13-14(19-16)17-9-18-15(13)20-12-7-5-6-11(8-12)10(2)3/h5-10H,4,16H2,1-3H3,(H,17,18,19). The highest BCUT2D eigenvalue weighted by molar-refractivity contribution is 5.49. The fraction of sp³-hybridized carbons (Fsp3) is 0.333. The second-order valence-corrected chi connectivity index (χ2v) is 4.83. The van der Waals surface area contributed by atoms with E-state index in [1.165, 1.54) is 11.9 Å². The van der Waals surface area contributed by atoms with Crippen molar-refractivity contribution in [2.45, 2.75) is 33.1 Å². The van der Waals surface area contributed by atoms with Crippen molar-refractivity contribution in [3.8, 4) is 11.6 Å². The lowest BCUT2D eigenvalue weighted by Gasteiger charge is -2.13. The molecule has 0 saturated heterocycles. The zero-order chi connectivity index (χ0) is 14.5. The molecule has 0 aliphatic carbocycles. The number of ether oxygens (including phenoxy) is 1. The largest absolute Gasteiger partial charge is 0.439 e. The average molecular weight is 272 g/mol. The SMILES string of the molecule is CCc1c(NN)ncnc1Oc1cccc(C(C)C)c1. The summed E-state index contributed by atoms with van der Waals surface area (Å²) < 4.78 is 5.89. The number of nitrogens with two attached hydrogens (primary N) is 1. The van der Waals surface area contributed by atoms with Crippen molar-refractivity contribution in [2.75, 3.05) is 5.43 Å². The summed E-state index contributed by atoms with van der Waals surface area (Å²) in [4.78, 5) is 8.29. The monoisotopic (exact) mass is 272 g/mol. The van der Waals surface area contributed by atoms with Crippen LogP contribution in [0.1, 0.15) is 37.8 Å². The van der Waals surface area contributed by atoms with Gasteiger partial charge in [0.2, 0.25) is 5.88 Å². The smallest absolute Gasteiger partial charge is 0.227 e. The van der Waals surface area contributed by atoms with E-state index in [0.717, 1.165) is 17.7 Å². The maximum Gasteiger partial charge on any atom is 0.227 e. The molecule has 1 aromatic heterocycles. The van der Waals surface area contributed by atoms with Gasteiger partial charge in [-0.3, -0.25) is 0 Å². The molecule has 0 saturated carbocycles. The van der Waals surface area contributed by atoms with E-state index in [-0.39, 0.29) is 0 Å². The third-order valence-corrected chi connectivity index (χ3v) is 3.14. The molecule has 0 radical (unpaired) electrons. The molecule has 0 bridgehead atoms. The lowest BCUT2D eigenvalue weighted by molar-refractivity contribution is 0.454. The molecule has 3 N–H and O–H groups in total. The van der Waals surface area contributed by atoms with E-state index >= 15 is 0 Å². The summed E-state index contributed by atoms with van der Waals surface area (Å²) >= 11 is 0. The van der Waals surface area contributed by atoms with Crippen molar-refractivity contribution in [2.24, 2.45) is 5.84 Å². The number of hydrogen-bond donors (Lipinski definition) is 2. The molecule has 106 valence electrons. The molecule has 5 nitrogen and oxygen atoms in total. The minimum atomic E-state index is 0.455. The van der Waals surface area contributed by atoms with Crippen LogP contribution in [0.5, 0.6) is 11.6 Å². The van der Waals surface area contributed by atoms with Crippen molar-refractivity contribution in [3.63, 3.8) is 0 Å². The molecule has 0 spiro atoms. The number of nitrogen functional groups attached to an aromatic ring is 1. The molecule has 0 aliphatic rings. The van der Waals surface area contributed by atoms with Crippen LogP contribution in [-0.2, 0) is 6.42 Å². The van der Waals surface area contributed by atoms with Gasteiger partial charge >= 0.3 is 0 Å². The van der Waals surface area contributed by atoms with E-state index in [1.807, 2.05) is 25.1 Å². The lowest BCUT2D eigenvalue weighted by atomic mass is 10.0. The number of hydrazine groups is 1. The number of hydrogen-bond acceptors (Lipinski definition) is 5. The Morgan fingerprint density at radius 1 is 1.30 bits per heavy atom. The highest BCUT2D eigenvalue weighted by Gasteiger charge is 2.11. The van der Waals surface area contributed by atoms with E-state index < -0.39 is 0 Å². The summed E-state index contributed by atoms with van der Waals surface area (Å²) in [6, 6.07) is 8.02. The van der Waals surface area contributed by atoms with Crippen LogP contribution in [0.25, 0.3) is 0 Å². The van der Waals surface area contributed by atoms with Crippen LogP contribution in [0.4, 0.5) is 5.82 Å². The molecule has 0 amide bonds. The predicted molar refractivity (Wildman–Crippen MR) is 79.8 cm³/mol. The summed E-state index contributed by atoms with van der Waals surface area (Å²) in [7, 11) is 0. The Morgan fingerprint density at radius 2 is 2.10 bits per heavy atom. The van der Waals surface area contributed by atoms with Gasteiger partial charge < -0.3 is 10.2 Å². The Labute approximate surface area is 119 Å². The van der Waals surface area contributed by atoms with Crippen molar-refractivity contribution in [1.29, 1.82) is 0 Å². The maximum atomic E-state index is 5.89. The van der Waals surface area contributed by atoms with Gasteiger partial charge in [0, 0.05) is 0 Å². The van der Waals surface area contributed by atoms with Crippen molar-refractivity contribution >= 4 is 5.82 Å². The zero-order valence-electron chi connectivity index (χ0n) is 12.1. The first-order chi connectivity index (χ1) is 9.65. The molecule has 2 aromatic rings. The summed E-state index contributed by atoms with van der Waals surface area (Å²) in [6.07, 6.45) is 2.18. The van der Waals surface area contributed by atoms with Crippen LogP contribution in [0.15, 0.2) is 30.6 Å². The Morgan fingerprint density at radius 3 is 2.75 bits per heavy atom. The lowest BCUT2D eigenvalue weighted by Crippen LogP contribution is -2.12. The average Bonchev–Trinajstić information content (AvgIpc) is 2.47. The highest BCUT2D eigenvalue weighted by Crippen LogP contribution is 2.28. The van der Waals surface area contributed by atoms with Crippen LogP contribution >= 0.6 is 0 Å². The van der Waals surface area contributed by atoms with Gasteiger partial charge in [0.15, 0.2) is 0 Å². The Bertz CT molecular complexity index is 584. The van der Waals surface area contributed by atoms with Gasteiger partial charge in [0.25, 0.3) is 0 Å². The van der Waals surface area contributed by atoms with Gasteiger partial charge in [-0.1, -0.05) is 32.9 Å². The quantitative estimate of drug-likeness (QED) is 0.645. The summed E-state index contributed by atoms with van der Waals surface area (Å²) in [6.45, 7) is 6.31. The summed E-state index contributed by atoms with van der Waals surface area (Å²) in [5.41, 5.74) is 4.67. The van der Waals surface area contributed by atoms with Crippen molar-refractivity contribution in [1.82, 2.24) is 9.97 Å². The highest BCUT2D eigenvalue weighted by atomic mass is 16.5. The third-order valence-electron chi connectivity index (χ3n) is 3.14. The number of nitrogens with one attached hydrogen (secondary N) is 1. The summed E-state index contributed by atoms with van der Waals surface area (Å²) in [5, 5.41) is 0. The Hall–Kier alpha value is -2.14. The number of benzene rings is 1. The van der Waals surface area contributed by atoms with E-state index in [4.69, 9.17) is 10.6 Å². The van der Waals surface area contributed by atoms with Crippen LogP contribution in [0.3, 0.4) is 0 Å². The van der Waals surface area contributed by atoms with Gasteiger partial charge in [-0.05, 0) is 30.0 Å². The van der Waals surface area contributed by atoms with Crippen LogP contribution < -0.4 is 16.0 Å². The molecular formula is C15H20N4O. The molecule has 1 heterocycles. The van der Waals surface area contributed by atoms with Gasteiger partial charge in [-0.2, -0.15) is 0 Å². The minimum absolute atomic E-state index is 0.455. The Balaban J connectivity index is 2.32. The topological polar surface area (TPSA) is 73.1 Å². The van der Waals surface area contributed by atoms with Crippen LogP contribution in [0, 0.1) is 0 Å². The fourth-order valence-corrected chi connectivity index (χ4v) is 1.98. The van der Waals surface area contributed by atoms with E-state index in [1.54, 1.807) is 0 Å². The fourth-order valence-electron chi connectivity index (χ4n) is 1.98. The number of rotatable bonds is 5. The Kier molecular flexibility index (Phi) is 4.53. The van der Waals surface area contributed by atoms with E-state index in [2.05, 4.69) is 35.3 Å². The molecule has 2 rings (SSSR count). The predicted octanol–water partition coefficient (Wildman–Crippen LogP) is 3.24. The number of aromatic nitrogens is 2. The molecule has 0 atom stereocenters. The second-order valence-electron chi connectivity index (χ2n) is 4.83. The molecule has 1 aromatic carbocycles. The van der Waals surface area contributed by atoms with Crippen molar-refractivity contribution < 1.29 is 4.74 Å². The molecule has 5 heteroatoms. The first kappa shape index (κ1) is 14.3. The molecule has 0 unspecified atom stereocenters. The maximum absolute atomic E-state index is 5.89. The number of anilines is 1. The molecular weight excluding hydrogens is 252 g/mol.